The van der Waals surface area contributed by atoms with Gasteiger partial charge in [-0.2, -0.15) is 0 Å². The number of H-pyrrole nitrogens is 1. The van der Waals surface area contributed by atoms with Gasteiger partial charge in [0.15, 0.2) is 0 Å². The number of rotatable bonds is 4. The molecule has 4 N–H and O–H groups in total. The third-order valence-electron chi connectivity index (χ3n) is 4.60. The van der Waals surface area contributed by atoms with Gasteiger partial charge in [0.25, 0.3) is 11.5 Å². The molecule has 3 heterocycles. The molecule has 11 nitrogen and oxygen atoms in total. The van der Waals surface area contributed by atoms with Crippen LogP contribution in [-0.4, -0.2) is 66.2 Å². The summed E-state index contributed by atoms with van der Waals surface area (Å²) in [6, 6.07) is 0.427. The number of carbonyl (C=O) groups is 1. The van der Waals surface area contributed by atoms with Gasteiger partial charge in [-0.05, 0) is 6.92 Å². The zero-order valence-corrected chi connectivity index (χ0v) is 14.8. The SMILES string of the molecule is Cc1cc(=O)[nH]c(=O)n1C[C@H]1OC[C@@H](NC(=O)c2cncn2C)[C@H](O)[C@@H]1O. The van der Waals surface area contributed by atoms with Gasteiger partial charge in [0.05, 0.1) is 31.7 Å². The third kappa shape index (κ3) is 3.84. The molecule has 0 radical (unpaired) electrons. The maximum Gasteiger partial charge on any atom is 0.328 e. The summed E-state index contributed by atoms with van der Waals surface area (Å²) in [7, 11) is 1.66. The average Bonchev–Trinajstić information content (AvgIpc) is 3.03. The van der Waals surface area contributed by atoms with Gasteiger partial charge >= 0.3 is 5.69 Å². The molecule has 146 valence electrons. The number of hydrogen-bond donors (Lipinski definition) is 4. The molecule has 1 saturated heterocycles. The number of imidazole rings is 1. The number of aliphatic hydroxyl groups excluding tert-OH is 2. The van der Waals surface area contributed by atoms with Crippen molar-refractivity contribution >= 4 is 5.91 Å². The number of aromatic nitrogens is 4. The summed E-state index contributed by atoms with van der Waals surface area (Å²) in [4.78, 5) is 41.5. The normalized spacial score (nSPS) is 25.3. The molecule has 2 aromatic rings. The van der Waals surface area contributed by atoms with Gasteiger partial charge in [-0.3, -0.25) is 19.1 Å². The predicted octanol–water partition coefficient (Wildman–Crippen LogP) is -2.50. The van der Waals surface area contributed by atoms with Crippen molar-refractivity contribution in [3.05, 3.63) is 50.8 Å². The zero-order valence-electron chi connectivity index (χ0n) is 14.8. The van der Waals surface area contributed by atoms with Crippen LogP contribution in [0.2, 0.25) is 0 Å². The summed E-state index contributed by atoms with van der Waals surface area (Å²) in [5.74, 6) is -0.457. The quantitative estimate of drug-likeness (QED) is 0.458. The van der Waals surface area contributed by atoms with Crippen LogP contribution in [0, 0.1) is 6.92 Å². The lowest BCUT2D eigenvalue weighted by Gasteiger charge is -2.38. The summed E-state index contributed by atoms with van der Waals surface area (Å²) < 4.78 is 8.34. The Morgan fingerprint density at radius 2 is 2.15 bits per heavy atom. The molecule has 0 aromatic carbocycles. The highest BCUT2D eigenvalue weighted by Crippen LogP contribution is 2.17. The molecule has 4 atom stereocenters. The van der Waals surface area contributed by atoms with Gasteiger partial charge < -0.3 is 24.8 Å². The van der Waals surface area contributed by atoms with Crippen molar-refractivity contribution in [2.24, 2.45) is 7.05 Å². The zero-order chi connectivity index (χ0) is 19.7. The molecular weight excluding hydrogens is 358 g/mol. The Morgan fingerprint density at radius 1 is 1.41 bits per heavy atom. The van der Waals surface area contributed by atoms with Crippen LogP contribution in [0.25, 0.3) is 0 Å². The molecule has 1 fully saturated rings. The molecule has 0 saturated carbocycles. The molecule has 0 spiro atoms. The Balaban J connectivity index is 1.69. The second-order valence-electron chi connectivity index (χ2n) is 6.51. The first-order valence-corrected chi connectivity index (χ1v) is 8.33. The standard InChI is InChI=1S/C16H21N5O6/c1-8-3-12(22)19-16(26)21(8)5-11-14(24)13(23)9(6-27-11)18-15(25)10-4-17-7-20(10)2/h3-4,7,9,11,13-14,23-24H,5-6H2,1-2H3,(H,18,25)(H,19,22,26)/t9-,11-,13+,14-/m1/s1. The van der Waals surface area contributed by atoms with Gasteiger partial charge in [-0.25, -0.2) is 9.78 Å². The highest BCUT2D eigenvalue weighted by Gasteiger charge is 2.39. The van der Waals surface area contributed by atoms with E-state index in [0.717, 1.165) is 0 Å². The van der Waals surface area contributed by atoms with Crippen molar-refractivity contribution < 1.29 is 19.7 Å². The minimum atomic E-state index is -1.34. The van der Waals surface area contributed by atoms with E-state index in [1.54, 1.807) is 14.0 Å². The van der Waals surface area contributed by atoms with E-state index in [-0.39, 0.29) is 13.2 Å². The second-order valence-corrected chi connectivity index (χ2v) is 6.51. The van der Waals surface area contributed by atoms with E-state index in [2.05, 4.69) is 15.3 Å². The summed E-state index contributed by atoms with van der Waals surface area (Å²) in [6.45, 7) is 1.48. The maximum absolute atomic E-state index is 12.2. The minimum absolute atomic E-state index is 0.0519. The Labute approximate surface area is 153 Å². The van der Waals surface area contributed by atoms with Crippen LogP contribution in [0.4, 0.5) is 0 Å². The molecule has 2 aromatic heterocycles. The second kappa shape index (κ2) is 7.47. The summed E-state index contributed by atoms with van der Waals surface area (Å²) in [6.07, 6.45) is -0.658. The van der Waals surface area contributed by atoms with Crippen LogP contribution >= 0.6 is 0 Å². The number of amides is 1. The van der Waals surface area contributed by atoms with Crippen molar-refractivity contribution in [3.8, 4) is 0 Å². The van der Waals surface area contributed by atoms with Crippen LogP contribution in [0.5, 0.6) is 0 Å². The van der Waals surface area contributed by atoms with Crippen molar-refractivity contribution in [3.63, 3.8) is 0 Å². The average molecular weight is 379 g/mol. The number of aryl methyl sites for hydroxylation is 2. The smallest absolute Gasteiger partial charge is 0.328 e. The number of ether oxygens (including phenoxy) is 1. The topological polar surface area (TPSA) is 151 Å². The lowest BCUT2D eigenvalue weighted by atomic mass is 9.97. The molecule has 11 heteroatoms. The van der Waals surface area contributed by atoms with E-state index in [4.69, 9.17) is 4.74 Å². The third-order valence-corrected chi connectivity index (χ3v) is 4.60. The first kappa shape index (κ1) is 19.0. The molecule has 27 heavy (non-hydrogen) atoms. The van der Waals surface area contributed by atoms with Gasteiger partial charge in [0.1, 0.15) is 24.0 Å². The van der Waals surface area contributed by atoms with Crippen LogP contribution in [0.15, 0.2) is 28.2 Å². The monoisotopic (exact) mass is 379 g/mol. The highest BCUT2D eigenvalue weighted by molar-refractivity contribution is 5.92. The molecule has 3 rings (SSSR count). The van der Waals surface area contributed by atoms with Crippen LogP contribution in [0.3, 0.4) is 0 Å². The van der Waals surface area contributed by atoms with E-state index in [9.17, 15) is 24.6 Å². The van der Waals surface area contributed by atoms with Gasteiger partial charge in [-0.1, -0.05) is 0 Å². The van der Waals surface area contributed by atoms with Gasteiger partial charge in [0.2, 0.25) is 0 Å². The summed E-state index contributed by atoms with van der Waals surface area (Å²) >= 11 is 0. The lowest BCUT2D eigenvalue weighted by Crippen LogP contribution is -2.60. The van der Waals surface area contributed by atoms with E-state index in [1.807, 2.05) is 0 Å². The number of hydrogen-bond acceptors (Lipinski definition) is 7. The van der Waals surface area contributed by atoms with E-state index < -0.39 is 41.5 Å². The number of aliphatic hydroxyl groups is 2. The van der Waals surface area contributed by atoms with Crippen molar-refractivity contribution in [2.45, 2.75) is 37.8 Å². The van der Waals surface area contributed by atoms with Crippen molar-refractivity contribution in [1.82, 2.24) is 24.4 Å². The lowest BCUT2D eigenvalue weighted by molar-refractivity contribution is -0.152. The fourth-order valence-electron chi connectivity index (χ4n) is 3.03. The first-order valence-electron chi connectivity index (χ1n) is 8.33. The molecule has 1 aliphatic heterocycles. The molecular formula is C16H21N5O6. The number of nitrogens with zero attached hydrogens (tertiary/aromatic N) is 3. The van der Waals surface area contributed by atoms with Crippen molar-refractivity contribution in [1.29, 1.82) is 0 Å². The highest BCUT2D eigenvalue weighted by atomic mass is 16.5. The number of aromatic amines is 1. The summed E-state index contributed by atoms with van der Waals surface area (Å²) in [5, 5.41) is 23.4. The molecule has 1 aliphatic rings. The summed E-state index contributed by atoms with van der Waals surface area (Å²) in [5.41, 5.74) is -0.441. The first-order chi connectivity index (χ1) is 12.8. The Kier molecular flexibility index (Phi) is 5.26. The Hall–Kier alpha value is -2.76. The van der Waals surface area contributed by atoms with Crippen LogP contribution in [-0.2, 0) is 18.3 Å². The van der Waals surface area contributed by atoms with E-state index in [0.29, 0.717) is 11.4 Å². The van der Waals surface area contributed by atoms with Crippen LogP contribution in [0.1, 0.15) is 16.2 Å². The van der Waals surface area contributed by atoms with E-state index in [1.165, 1.54) is 27.7 Å². The molecule has 0 bridgehead atoms. The molecule has 0 unspecified atom stereocenters. The van der Waals surface area contributed by atoms with Crippen molar-refractivity contribution in [2.75, 3.05) is 6.61 Å². The van der Waals surface area contributed by atoms with Gasteiger partial charge in [0, 0.05) is 18.8 Å². The number of nitrogens with one attached hydrogen (secondary N) is 2. The fourth-order valence-corrected chi connectivity index (χ4v) is 3.03. The minimum Gasteiger partial charge on any atom is -0.388 e. The fraction of sp³-hybridized carbons (Fsp3) is 0.500. The molecule has 0 aliphatic carbocycles. The van der Waals surface area contributed by atoms with Crippen LogP contribution < -0.4 is 16.6 Å². The van der Waals surface area contributed by atoms with E-state index >= 15 is 0 Å². The Morgan fingerprint density at radius 3 is 2.78 bits per heavy atom. The largest absolute Gasteiger partial charge is 0.388 e. The maximum atomic E-state index is 12.2. The predicted molar refractivity (Wildman–Crippen MR) is 92.3 cm³/mol. The Bertz CT molecular complexity index is 947. The number of carbonyl (C=O) groups excluding carboxylic acids is 1. The molecule has 1 amide bonds. The van der Waals surface area contributed by atoms with Gasteiger partial charge in [-0.15, -0.1) is 0 Å².